The molecule has 21 heavy (non-hydrogen) atoms. The molecule has 0 spiro atoms. The van der Waals surface area contributed by atoms with Crippen molar-refractivity contribution in [1.29, 1.82) is 0 Å². The molecule has 0 saturated carbocycles. The minimum Gasteiger partial charge on any atom is -0.368 e. The van der Waals surface area contributed by atoms with Crippen LogP contribution >= 0.6 is 0 Å². The summed E-state index contributed by atoms with van der Waals surface area (Å²) in [7, 11) is 0. The Morgan fingerprint density at radius 1 is 1.10 bits per heavy atom. The number of pyridine rings is 1. The van der Waals surface area contributed by atoms with Gasteiger partial charge in [-0.3, -0.25) is 4.98 Å². The summed E-state index contributed by atoms with van der Waals surface area (Å²) >= 11 is 0. The number of nitrogens with two attached hydrogens (primary N) is 1. The van der Waals surface area contributed by atoms with Crippen LogP contribution in [-0.4, -0.2) is 33.0 Å². The van der Waals surface area contributed by atoms with Gasteiger partial charge in [0.05, 0.1) is 12.2 Å². The predicted molar refractivity (Wildman–Crippen MR) is 84.1 cm³/mol. The summed E-state index contributed by atoms with van der Waals surface area (Å²) in [6.07, 6.45) is 0. The first kappa shape index (κ1) is 15.0. The molecular weight excluding hydrogens is 266 g/mol. The van der Waals surface area contributed by atoms with Gasteiger partial charge in [-0.2, -0.15) is 15.0 Å². The third-order valence-electron chi connectivity index (χ3n) is 3.06. The summed E-state index contributed by atoms with van der Waals surface area (Å²) < 4.78 is 0. The molecule has 2 rings (SSSR count). The second-order valence-corrected chi connectivity index (χ2v) is 4.61. The lowest BCUT2D eigenvalue weighted by Gasteiger charge is -2.19. The van der Waals surface area contributed by atoms with Gasteiger partial charge in [0.2, 0.25) is 17.8 Å². The van der Waals surface area contributed by atoms with Crippen LogP contribution in [0.4, 0.5) is 17.8 Å². The van der Waals surface area contributed by atoms with Crippen LogP contribution in [0, 0.1) is 6.92 Å². The van der Waals surface area contributed by atoms with Crippen molar-refractivity contribution in [2.24, 2.45) is 0 Å². The standard InChI is InChI=1S/C14H21N7/c1-4-21(5-2)14-19-12(15)18-13(20-14)16-9-11-8-6-7-10(3)17-11/h6-8H,4-5,9H2,1-3H3,(H3,15,16,18,19,20). The van der Waals surface area contributed by atoms with Gasteiger partial charge in [0, 0.05) is 18.8 Å². The Labute approximate surface area is 124 Å². The fourth-order valence-corrected chi connectivity index (χ4v) is 1.98. The largest absolute Gasteiger partial charge is 0.368 e. The number of hydrogen-bond donors (Lipinski definition) is 2. The third kappa shape index (κ3) is 4.01. The number of aryl methyl sites for hydroxylation is 1. The quantitative estimate of drug-likeness (QED) is 0.833. The minimum absolute atomic E-state index is 0.214. The van der Waals surface area contributed by atoms with Crippen molar-refractivity contribution in [3.63, 3.8) is 0 Å². The predicted octanol–water partition coefficient (Wildman–Crippen LogP) is 1.62. The first-order chi connectivity index (χ1) is 10.1. The van der Waals surface area contributed by atoms with Gasteiger partial charge < -0.3 is 16.0 Å². The van der Waals surface area contributed by atoms with E-state index in [0.29, 0.717) is 18.4 Å². The van der Waals surface area contributed by atoms with Crippen LogP contribution in [0.25, 0.3) is 0 Å². The maximum atomic E-state index is 5.76. The smallest absolute Gasteiger partial charge is 0.231 e. The van der Waals surface area contributed by atoms with Gasteiger partial charge in [0.1, 0.15) is 0 Å². The molecule has 112 valence electrons. The third-order valence-corrected chi connectivity index (χ3v) is 3.06. The average Bonchev–Trinajstić information content (AvgIpc) is 2.46. The van der Waals surface area contributed by atoms with Crippen LogP contribution in [0.15, 0.2) is 18.2 Å². The van der Waals surface area contributed by atoms with E-state index in [9.17, 15) is 0 Å². The lowest BCUT2D eigenvalue weighted by molar-refractivity contribution is 0.813. The molecule has 0 amide bonds. The molecule has 0 unspecified atom stereocenters. The van der Waals surface area contributed by atoms with E-state index < -0.39 is 0 Å². The van der Waals surface area contributed by atoms with E-state index in [2.05, 4.69) is 25.3 Å². The highest BCUT2D eigenvalue weighted by Crippen LogP contribution is 2.12. The van der Waals surface area contributed by atoms with Crippen LogP contribution in [0.3, 0.4) is 0 Å². The zero-order valence-corrected chi connectivity index (χ0v) is 12.7. The fourth-order valence-electron chi connectivity index (χ4n) is 1.98. The second kappa shape index (κ2) is 6.83. The van der Waals surface area contributed by atoms with Crippen molar-refractivity contribution in [2.75, 3.05) is 29.0 Å². The number of nitrogens with one attached hydrogen (secondary N) is 1. The number of nitrogen functional groups attached to an aromatic ring is 1. The minimum atomic E-state index is 0.214. The number of rotatable bonds is 6. The number of nitrogens with zero attached hydrogens (tertiary/aromatic N) is 5. The SMILES string of the molecule is CCN(CC)c1nc(N)nc(NCc2cccc(C)n2)n1. The molecule has 7 heteroatoms. The Hall–Kier alpha value is -2.44. The molecule has 0 aliphatic carbocycles. The Kier molecular flexibility index (Phi) is 4.86. The van der Waals surface area contributed by atoms with Gasteiger partial charge in [-0.05, 0) is 32.9 Å². The molecule has 0 aliphatic heterocycles. The highest BCUT2D eigenvalue weighted by atomic mass is 15.3. The Morgan fingerprint density at radius 3 is 2.52 bits per heavy atom. The summed E-state index contributed by atoms with van der Waals surface area (Å²) in [5.41, 5.74) is 7.66. The van der Waals surface area contributed by atoms with Crippen LogP contribution in [0.2, 0.25) is 0 Å². The highest BCUT2D eigenvalue weighted by Gasteiger charge is 2.09. The number of aromatic nitrogens is 4. The molecule has 0 saturated heterocycles. The lowest BCUT2D eigenvalue weighted by Crippen LogP contribution is -2.25. The van der Waals surface area contributed by atoms with E-state index in [4.69, 9.17) is 5.73 Å². The Bertz CT molecular complexity index is 596. The van der Waals surface area contributed by atoms with Gasteiger partial charge in [-0.25, -0.2) is 0 Å². The second-order valence-electron chi connectivity index (χ2n) is 4.61. The molecule has 0 fully saturated rings. The summed E-state index contributed by atoms with van der Waals surface area (Å²) in [6.45, 7) is 8.24. The summed E-state index contributed by atoms with van der Waals surface area (Å²) in [6, 6.07) is 5.89. The summed E-state index contributed by atoms with van der Waals surface area (Å²) in [5, 5.41) is 3.14. The van der Waals surface area contributed by atoms with Crippen LogP contribution in [0.1, 0.15) is 25.2 Å². The van der Waals surface area contributed by atoms with E-state index in [1.807, 2.05) is 43.9 Å². The lowest BCUT2D eigenvalue weighted by atomic mass is 10.3. The van der Waals surface area contributed by atoms with E-state index in [0.717, 1.165) is 24.5 Å². The molecule has 0 bridgehead atoms. The maximum Gasteiger partial charge on any atom is 0.231 e. The zero-order valence-electron chi connectivity index (χ0n) is 12.7. The number of hydrogen-bond acceptors (Lipinski definition) is 7. The van der Waals surface area contributed by atoms with Crippen molar-refractivity contribution < 1.29 is 0 Å². The fraction of sp³-hybridized carbons (Fsp3) is 0.429. The van der Waals surface area contributed by atoms with Crippen molar-refractivity contribution in [1.82, 2.24) is 19.9 Å². The van der Waals surface area contributed by atoms with Crippen molar-refractivity contribution >= 4 is 17.8 Å². The van der Waals surface area contributed by atoms with Gasteiger partial charge in [0.15, 0.2) is 0 Å². The Morgan fingerprint density at radius 2 is 1.86 bits per heavy atom. The first-order valence-electron chi connectivity index (χ1n) is 7.05. The molecule has 0 radical (unpaired) electrons. The molecule has 7 nitrogen and oxygen atoms in total. The van der Waals surface area contributed by atoms with Crippen LogP contribution in [-0.2, 0) is 6.54 Å². The van der Waals surface area contributed by atoms with Crippen molar-refractivity contribution in [3.8, 4) is 0 Å². The van der Waals surface area contributed by atoms with Gasteiger partial charge in [0.25, 0.3) is 0 Å². The van der Waals surface area contributed by atoms with Gasteiger partial charge in [-0.15, -0.1) is 0 Å². The van der Waals surface area contributed by atoms with Crippen molar-refractivity contribution in [3.05, 3.63) is 29.6 Å². The average molecular weight is 287 g/mol. The van der Waals surface area contributed by atoms with E-state index in [-0.39, 0.29) is 5.95 Å². The molecule has 0 aromatic carbocycles. The molecule has 2 aromatic heterocycles. The van der Waals surface area contributed by atoms with E-state index in [1.165, 1.54) is 0 Å². The number of anilines is 3. The Balaban J connectivity index is 2.13. The maximum absolute atomic E-state index is 5.76. The summed E-state index contributed by atoms with van der Waals surface area (Å²) in [4.78, 5) is 19.1. The first-order valence-corrected chi connectivity index (χ1v) is 7.05. The van der Waals surface area contributed by atoms with E-state index >= 15 is 0 Å². The molecule has 2 aromatic rings. The highest BCUT2D eigenvalue weighted by molar-refractivity contribution is 5.41. The molecule has 3 N–H and O–H groups in total. The monoisotopic (exact) mass is 287 g/mol. The van der Waals surface area contributed by atoms with Crippen LogP contribution in [0.5, 0.6) is 0 Å². The van der Waals surface area contributed by atoms with Crippen LogP contribution < -0.4 is 16.0 Å². The van der Waals surface area contributed by atoms with Gasteiger partial charge >= 0.3 is 0 Å². The molecule has 2 heterocycles. The topological polar surface area (TPSA) is 92.9 Å². The van der Waals surface area contributed by atoms with Gasteiger partial charge in [-0.1, -0.05) is 6.07 Å². The summed E-state index contributed by atoms with van der Waals surface area (Å²) in [5.74, 6) is 1.27. The molecule has 0 aliphatic rings. The van der Waals surface area contributed by atoms with E-state index in [1.54, 1.807) is 0 Å². The van der Waals surface area contributed by atoms with Crippen molar-refractivity contribution in [2.45, 2.75) is 27.3 Å². The molecule has 0 atom stereocenters. The normalized spacial score (nSPS) is 10.4. The zero-order chi connectivity index (χ0) is 15.2. The molecular formula is C14H21N7.